The van der Waals surface area contributed by atoms with E-state index in [1.807, 2.05) is 30.3 Å². The van der Waals surface area contributed by atoms with Crippen molar-refractivity contribution in [2.75, 3.05) is 0 Å². The molecule has 0 amide bonds. The van der Waals surface area contributed by atoms with Crippen molar-refractivity contribution >= 4 is 23.0 Å². The number of benzene rings is 2. The van der Waals surface area contributed by atoms with E-state index in [1.54, 1.807) is 6.33 Å². The van der Waals surface area contributed by atoms with Gasteiger partial charge in [-0.25, -0.2) is 14.6 Å². The van der Waals surface area contributed by atoms with Crippen molar-refractivity contribution in [3.8, 4) is 11.5 Å². The summed E-state index contributed by atoms with van der Waals surface area (Å²) >= 11 is 0. The lowest BCUT2D eigenvalue weighted by Crippen LogP contribution is -2.33. The highest BCUT2D eigenvalue weighted by molar-refractivity contribution is 5.76. The number of aliphatic carboxylic acids is 2. The van der Waals surface area contributed by atoms with Gasteiger partial charge in [0.05, 0.1) is 17.4 Å². The van der Waals surface area contributed by atoms with Gasteiger partial charge in [0.1, 0.15) is 11.5 Å². The lowest BCUT2D eigenvalue weighted by atomic mass is 9.80. The molecule has 1 aliphatic rings. The molecule has 1 fully saturated rings. The molecular weight excluding hydrogens is 560 g/mol. The molecule has 1 aliphatic carbocycles. The third-order valence-electron chi connectivity index (χ3n) is 6.35. The van der Waals surface area contributed by atoms with Crippen molar-refractivity contribution in [1.29, 1.82) is 0 Å². The molecule has 0 unspecified atom stereocenters. The zero-order valence-corrected chi connectivity index (χ0v) is 22.2. The van der Waals surface area contributed by atoms with Crippen LogP contribution in [0.2, 0.25) is 0 Å². The Morgan fingerprint density at radius 1 is 0.927 bits per heavy atom. The number of hydrogen-bond acceptors (Lipinski definition) is 5. The minimum absolute atomic E-state index is 0.663. The van der Waals surface area contributed by atoms with Crippen molar-refractivity contribution in [1.82, 2.24) is 15.3 Å². The first-order valence-electron chi connectivity index (χ1n) is 12.6. The summed E-state index contributed by atoms with van der Waals surface area (Å²) in [5, 5.41) is 18.0. The molecular formula is C27H31F6N3O5. The monoisotopic (exact) mass is 591 g/mol. The molecule has 0 saturated heterocycles. The molecule has 14 heteroatoms. The fourth-order valence-electron chi connectivity index (χ4n) is 4.04. The summed E-state index contributed by atoms with van der Waals surface area (Å²) in [5.41, 5.74) is 3.24. The third kappa shape index (κ3) is 11.7. The van der Waals surface area contributed by atoms with Crippen LogP contribution in [0.4, 0.5) is 26.3 Å². The highest BCUT2D eigenvalue weighted by atomic mass is 19.4. The fraction of sp³-hybridized carbons (Fsp3) is 0.444. The van der Waals surface area contributed by atoms with Crippen LogP contribution in [0.15, 0.2) is 48.8 Å². The topological polar surface area (TPSA) is 125 Å². The number of fused-ring (bicyclic) bond motifs is 1. The number of alkyl halides is 6. The molecule has 4 N–H and O–H groups in total. The quantitative estimate of drug-likeness (QED) is 0.229. The predicted molar refractivity (Wildman–Crippen MR) is 137 cm³/mol. The standard InChI is InChI=1S/C23H29N3O.2C2HF3O2/c1-16(2)18-5-7-19(8-6-18)24-14-17-3-9-20(10-4-17)27-21-11-12-22-23(13-21)26-15-25-22;2*3-2(4,5)1(6)7/h3-4,9-13,15-16,18-19,24H,5-8,14H2,1-2H3,(H,25,26);2*(H,6,7)/t18-,19-;;. The average Bonchev–Trinajstić information content (AvgIpc) is 3.36. The van der Waals surface area contributed by atoms with Gasteiger partial charge in [0.2, 0.25) is 0 Å². The number of nitrogens with one attached hydrogen (secondary N) is 2. The lowest BCUT2D eigenvalue weighted by molar-refractivity contribution is -0.193. The summed E-state index contributed by atoms with van der Waals surface area (Å²) < 4.78 is 69.4. The van der Waals surface area contributed by atoms with Crippen molar-refractivity contribution in [2.24, 2.45) is 11.8 Å². The van der Waals surface area contributed by atoms with Crippen LogP contribution >= 0.6 is 0 Å². The van der Waals surface area contributed by atoms with Gasteiger partial charge in [0.25, 0.3) is 0 Å². The number of ether oxygens (including phenoxy) is 1. The van der Waals surface area contributed by atoms with Gasteiger partial charge in [-0.1, -0.05) is 26.0 Å². The van der Waals surface area contributed by atoms with E-state index < -0.39 is 24.3 Å². The second-order valence-corrected chi connectivity index (χ2v) is 9.67. The van der Waals surface area contributed by atoms with E-state index in [0.29, 0.717) is 6.04 Å². The largest absolute Gasteiger partial charge is 0.490 e. The molecule has 4 rings (SSSR count). The smallest absolute Gasteiger partial charge is 0.475 e. The van der Waals surface area contributed by atoms with Crippen LogP contribution in [0.3, 0.4) is 0 Å². The first kappa shape index (κ1) is 33.4. The van der Waals surface area contributed by atoms with E-state index in [2.05, 4.69) is 41.3 Å². The van der Waals surface area contributed by atoms with Crippen LogP contribution in [0, 0.1) is 11.8 Å². The Hall–Kier alpha value is -3.81. The van der Waals surface area contributed by atoms with E-state index in [-0.39, 0.29) is 0 Å². The predicted octanol–water partition coefficient (Wildman–Crippen LogP) is 6.93. The Morgan fingerprint density at radius 2 is 1.44 bits per heavy atom. The van der Waals surface area contributed by atoms with E-state index >= 15 is 0 Å². The maximum atomic E-state index is 10.6. The SMILES string of the molecule is CC(C)[C@H]1CC[C@H](NCc2ccc(Oc3ccc4[nH]cnc4c3)cc2)CC1.O=C(O)C(F)(F)F.O=C(O)C(F)(F)F. The van der Waals surface area contributed by atoms with Crippen LogP contribution in [0.25, 0.3) is 11.0 Å². The number of aromatic amines is 1. The molecule has 0 atom stereocenters. The molecule has 0 bridgehead atoms. The van der Waals surface area contributed by atoms with Gasteiger partial charge >= 0.3 is 24.3 Å². The number of nitrogens with zero attached hydrogens (tertiary/aromatic N) is 1. The van der Waals surface area contributed by atoms with Crippen LogP contribution < -0.4 is 10.1 Å². The summed E-state index contributed by atoms with van der Waals surface area (Å²) in [4.78, 5) is 25.2. The van der Waals surface area contributed by atoms with E-state index in [1.165, 1.54) is 31.2 Å². The van der Waals surface area contributed by atoms with Crippen molar-refractivity contribution in [3.05, 3.63) is 54.4 Å². The van der Waals surface area contributed by atoms with Crippen LogP contribution in [0.1, 0.15) is 45.1 Å². The molecule has 0 radical (unpaired) electrons. The first-order valence-corrected chi connectivity index (χ1v) is 12.6. The minimum Gasteiger partial charge on any atom is -0.475 e. The molecule has 8 nitrogen and oxygen atoms in total. The van der Waals surface area contributed by atoms with Gasteiger partial charge in [-0.2, -0.15) is 26.3 Å². The highest BCUT2D eigenvalue weighted by Gasteiger charge is 2.38. The molecule has 0 spiro atoms. The number of carbonyl (C=O) groups is 2. The van der Waals surface area contributed by atoms with E-state index in [4.69, 9.17) is 24.5 Å². The van der Waals surface area contributed by atoms with Crippen LogP contribution in [0.5, 0.6) is 11.5 Å². The maximum Gasteiger partial charge on any atom is 0.490 e. The van der Waals surface area contributed by atoms with E-state index in [9.17, 15) is 26.3 Å². The number of carboxylic acids is 2. The number of imidazole rings is 1. The molecule has 226 valence electrons. The van der Waals surface area contributed by atoms with Gasteiger partial charge in [0.15, 0.2) is 0 Å². The zero-order chi connectivity index (χ0) is 30.8. The first-order chi connectivity index (χ1) is 19.1. The number of hydrogen-bond donors (Lipinski definition) is 4. The second-order valence-electron chi connectivity index (χ2n) is 9.67. The van der Waals surface area contributed by atoms with Crippen molar-refractivity contribution in [3.63, 3.8) is 0 Å². The van der Waals surface area contributed by atoms with Gasteiger partial charge in [0, 0.05) is 18.7 Å². The van der Waals surface area contributed by atoms with Crippen LogP contribution in [-0.4, -0.2) is 50.5 Å². The normalized spacial score (nSPS) is 17.2. The zero-order valence-electron chi connectivity index (χ0n) is 22.2. The van der Waals surface area contributed by atoms with Crippen molar-refractivity contribution in [2.45, 2.75) is 64.5 Å². The van der Waals surface area contributed by atoms with E-state index in [0.717, 1.165) is 40.9 Å². The molecule has 3 aromatic rings. The molecule has 1 heterocycles. The number of rotatable bonds is 6. The van der Waals surface area contributed by atoms with Crippen molar-refractivity contribution < 1.29 is 50.9 Å². The Morgan fingerprint density at radius 3 is 1.93 bits per heavy atom. The summed E-state index contributed by atoms with van der Waals surface area (Å²) in [6.45, 7) is 5.64. The van der Waals surface area contributed by atoms with Crippen LogP contribution in [-0.2, 0) is 16.1 Å². The van der Waals surface area contributed by atoms with Gasteiger partial charge < -0.3 is 25.3 Å². The molecule has 0 aliphatic heterocycles. The van der Waals surface area contributed by atoms with Gasteiger partial charge in [-0.15, -0.1) is 0 Å². The second kappa shape index (κ2) is 14.7. The summed E-state index contributed by atoms with van der Waals surface area (Å²) in [6, 6.07) is 15.0. The summed E-state index contributed by atoms with van der Waals surface area (Å²) in [5.74, 6) is -2.11. The summed E-state index contributed by atoms with van der Waals surface area (Å²) in [7, 11) is 0. The number of carboxylic acid groups (broad SMARTS) is 2. The Labute approximate surface area is 231 Å². The number of aromatic nitrogens is 2. The minimum atomic E-state index is -5.08. The maximum absolute atomic E-state index is 10.6. The fourth-order valence-corrected chi connectivity index (χ4v) is 4.04. The molecule has 1 saturated carbocycles. The summed E-state index contributed by atoms with van der Waals surface area (Å²) in [6.07, 6.45) is -3.13. The van der Waals surface area contributed by atoms with Gasteiger partial charge in [-0.05, 0) is 67.3 Å². The Kier molecular flexibility index (Phi) is 12.0. The Bertz CT molecular complexity index is 1230. The molecule has 1 aromatic heterocycles. The average molecular weight is 592 g/mol. The van der Waals surface area contributed by atoms with Gasteiger partial charge in [-0.3, -0.25) is 0 Å². The number of H-pyrrole nitrogens is 1. The number of halogens is 6. The molecule has 41 heavy (non-hydrogen) atoms. The molecule has 2 aromatic carbocycles. The third-order valence-corrected chi connectivity index (χ3v) is 6.35. The Balaban J connectivity index is 0.000000349. The lowest BCUT2D eigenvalue weighted by Gasteiger charge is -2.31. The highest BCUT2D eigenvalue weighted by Crippen LogP contribution is 2.30.